The van der Waals surface area contributed by atoms with Gasteiger partial charge < -0.3 is 18.9 Å². The molecule has 0 saturated carbocycles. The number of carbonyl (C=O) groups excluding carboxylic acids is 2. The number of hydrogen-bond donors (Lipinski definition) is 1. The molecule has 1 N–H and O–H groups in total. The summed E-state index contributed by atoms with van der Waals surface area (Å²) in [7, 11) is 1.48. The van der Waals surface area contributed by atoms with Gasteiger partial charge in [0.25, 0.3) is 0 Å². The van der Waals surface area contributed by atoms with Gasteiger partial charge in [0.1, 0.15) is 19.8 Å². The lowest BCUT2D eigenvalue weighted by molar-refractivity contribution is -0.870. The van der Waals surface area contributed by atoms with E-state index in [0.717, 1.165) is 96.3 Å². The maximum atomic E-state index is 12.9. The minimum atomic E-state index is -4.40. The number of esters is 2. The predicted octanol–water partition coefficient (Wildman–Crippen LogP) is 21.7. The zero-order valence-electron chi connectivity index (χ0n) is 53.7. The Morgan fingerprint density at radius 2 is 0.659 bits per heavy atom. The Morgan fingerprint density at radius 1 is 0.378 bits per heavy atom. The maximum absolute atomic E-state index is 12.9. The molecule has 9 nitrogen and oxygen atoms in total. The van der Waals surface area contributed by atoms with Gasteiger partial charge in [0.05, 0.1) is 27.7 Å². The number of phosphoric acid groups is 1. The average Bonchev–Trinajstić information content (AvgIpc) is 3.46. The summed E-state index contributed by atoms with van der Waals surface area (Å²) in [6.07, 6.45) is 87.5. The fraction of sp³-hybridized carbons (Fsp3) is 0.722. The molecule has 472 valence electrons. The van der Waals surface area contributed by atoms with Crippen LogP contribution in [0.15, 0.2) is 109 Å². The van der Waals surface area contributed by atoms with Gasteiger partial charge in [-0.2, -0.15) is 0 Å². The molecule has 0 radical (unpaired) electrons. The van der Waals surface area contributed by atoms with Crippen LogP contribution in [0.4, 0.5) is 0 Å². The van der Waals surface area contributed by atoms with E-state index in [-0.39, 0.29) is 32.0 Å². The fourth-order valence-electron chi connectivity index (χ4n) is 9.21. The Bertz CT molecular complexity index is 1750. The molecule has 0 spiro atoms. The molecule has 0 saturated heterocycles. The van der Waals surface area contributed by atoms with Crippen molar-refractivity contribution < 1.29 is 42.1 Å². The first kappa shape index (κ1) is 78.7. The molecule has 0 fully saturated rings. The van der Waals surface area contributed by atoms with Crippen LogP contribution in [-0.4, -0.2) is 74.9 Å². The van der Waals surface area contributed by atoms with Crippen molar-refractivity contribution in [2.24, 2.45) is 0 Å². The molecule has 10 heteroatoms. The molecule has 0 heterocycles. The fourth-order valence-corrected chi connectivity index (χ4v) is 9.95. The normalized spacial score (nSPS) is 13.9. The van der Waals surface area contributed by atoms with Gasteiger partial charge >= 0.3 is 19.8 Å². The van der Waals surface area contributed by atoms with Crippen LogP contribution < -0.4 is 0 Å². The van der Waals surface area contributed by atoms with E-state index in [4.69, 9.17) is 18.5 Å². The smallest absolute Gasteiger partial charge is 0.462 e. The van der Waals surface area contributed by atoms with Crippen molar-refractivity contribution in [1.29, 1.82) is 0 Å². The highest BCUT2D eigenvalue weighted by molar-refractivity contribution is 7.47. The third kappa shape index (κ3) is 65.8. The van der Waals surface area contributed by atoms with Gasteiger partial charge in [0.2, 0.25) is 0 Å². The second-order valence-corrected chi connectivity index (χ2v) is 24.9. The summed E-state index contributed by atoms with van der Waals surface area (Å²) in [5.41, 5.74) is 0. The quantitative estimate of drug-likeness (QED) is 0.0211. The number of quaternary nitrogens is 1. The second-order valence-electron chi connectivity index (χ2n) is 23.4. The van der Waals surface area contributed by atoms with Gasteiger partial charge in [-0.1, -0.05) is 284 Å². The van der Waals surface area contributed by atoms with Gasteiger partial charge in [-0.25, -0.2) is 4.57 Å². The van der Waals surface area contributed by atoms with Crippen LogP contribution in [0, 0.1) is 0 Å². The summed E-state index contributed by atoms with van der Waals surface area (Å²) >= 11 is 0. The Labute approximate surface area is 506 Å². The molecule has 0 aromatic heterocycles. The van der Waals surface area contributed by atoms with Crippen molar-refractivity contribution in [1.82, 2.24) is 0 Å². The monoisotopic (exact) mass is 1160 g/mol. The van der Waals surface area contributed by atoms with Gasteiger partial charge in [-0.3, -0.25) is 18.6 Å². The molecule has 0 aromatic carbocycles. The highest BCUT2D eigenvalue weighted by atomic mass is 31.2. The van der Waals surface area contributed by atoms with Crippen molar-refractivity contribution in [3.63, 3.8) is 0 Å². The summed E-state index contributed by atoms with van der Waals surface area (Å²) < 4.78 is 34.7. The van der Waals surface area contributed by atoms with E-state index >= 15 is 0 Å². The molecule has 0 amide bonds. The minimum absolute atomic E-state index is 0.0285. The molecular formula is C72H127NO8P+. The van der Waals surface area contributed by atoms with Gasteiger partial charge in [-0.15, -0.1) is 0 Å². The number of ether oxygens (including phenoxy) is 2. The third-order valence-corrected chi connectivity index (χ3v) is 15.3. The highest BCUT2D eigenvalue weighted by Crippen LogP contribution is 2.43. The zero-order valence-corrected chi connectivity index (χ0v) is 54.6. The summed E-state index contributed by atoms with van der Waals surface area (Å²) in [4.78, 5) is 35.9. The van der Waals surface area contributed by atoms with Crippen LogP contribution in [0.5, 0.6) is 0 Å². The highest BCUT2D eigenvalue weighted by Gasteiger charge is 2.27. The molecule has 0 aliphatic rings. The number of likely N-dealkylation sites (N-methyl/N-ethyl adjacent to an activating group) is 1. The van der Waals surface area contributed by atoms with Crippen molar-refractivity contribution in [3.05, 3.63) is 109 Å². The molecule has 82 heavy (non-hydrogen) atoms. The number of allylic oxidation sites excluding steroid dienone is 18. The Morgan fingerprint density at radius 3 is 0.976 bits per heavy atom. The maximum Gasteiger partial charge on any atom is 0.472 e. The van der Waals surface area contributed by atoms with Crippen LogP contribution in [0.1, 0.15) is 284 Å². The summed E-state index contributed by atoms with van der Waals surface area (Å²) in [5, 5.41) is 0. The Hall–Kier alpha value is -3.33. The first-order valence-corrected chi connectivity index (χ1v) is 35.1. The van der Waals surface area contributed by atoms with Crippen LogP contribution in [0.2, 0.25) is 0 Å². The van der Waals surface area contributed by atoms with Crippen molar-refractivity contribution in [2.45, 2.75) is 290 Å². The standard InChI is InChI=1S/C72H126NO8P/c1-6-8-10-12-14-16-18-20-22-24-26-28-30-32-34-35-36-37-39-41-43-45-47-49-51-53-55-57-59-61-63-65-72(75)81-70(69-80-82(76,77)79-67-66-73(3,4)5)68-78-71(74)64-62-60-58-56-54-52-50-48-46-44-42-40-38-33-31-29-27-25-23-21-19-17-15-13-11-9-7-2/h8-11,14-17,20-23,26-29,32,34,70H,6-7,12-13,18-19,24-25,30-31,33,35-69H2,1-5H3/p+1/b10-8-,11-9-,16-14-,17-15-,22-20-,23-21-,28-26-,29-27-,34-32-. The third-order valence-electron chi connectivity index (χ3n) is 14.3. The van der Waals surface area contributed by atoms with E-state index in [2.05, 4.69) is 123 Å². The second kappa shape index (κ2) is 62.2. The molecule has 2 unspecified atom stereocenters. The first-order chi connectivity index (χ1) is 40.0. The molecule has 0 aliphatic carbocycles. The van der Waals surface area contributed by atoms with E-state index in [1.165, 1.54) is 154 Å². The Balaban J connectivity index is 4.07. The van der Waals surface area contributed by atoms with Crippen LogP contribution in [0.3, 0.4) is 0 Å². The zero-order chi connectivity index (χ0) is 59.8. The van der Waals surface area contributed by atoms with Crippen LogP contribution in [-0.2, 0) is 32.7 Å². The molecule has 0 aromatic rings. The summed E-state index contributed by atoms with van der Waals surface area (Å²) in [6.45, 7) is 4.23. The number of hydrogen-bond acceptors (Lipinski definition) is 7. The van der Waals surface area contributed by atoms with E-state index < -0.39 is 26.5 Å². The van der Waals surface area contributed by atoms with Crippen molar-refractivity contribution in [3.8, 4) is 0 Å². The minimum Gasteiger partial charge on any atom is -0.462 e. The topological polar surface area (TPSA) is 108 Å². The SMILES string of the molecule is CC/C=C\C/C=C\C/C=C\C/C=C\C/C=C\CCCCCCCCCCCCCCCCCC(=O)OC(COC(=O)CCCCCCCCCCCCCCCC/C=C\C/C=C\C/C=C\C/C=C\CC)COP(=O)(O)OCC[N+](C)(C)C. The van der Waals surface area contributed by atoms with Gasteiger partial charge in [0, 0.05) is 12.8 Å². The lowest BCUT2D eigenvalue weighted by Crippen LogP contribution is -2.37. The van der Waals surface area contributed by atoms with Crippen molar-refractivity contribution >= 4 is 19.8 Å². The number of carbonyl (C=O) groups is 2. The van der Waals surface area contributed by atoms with Crippen LogP contribution in [0.25, 0.3) is 0 Å². The number of unbranched alkanes of at least 4 members (excludes halogenated alkanes) is 29. The van der Waals surface area contributed by atoms with Gasteiger partial charge in [0.15, 0.2) is 6.10 Å². The summed E-state index contributed by atoms with van der Waals surface area (Å²) in [5.74, 6) is -0.794. The number of phosphoric ester groups is 1. The number of nitrogens with zero attached hydrogens (tertiary/aromatic N) is 1. The average molecular weight is 1170 g/mol. The Kier molecular flexibility index (Phi) is 59.7. The van der Waals surface area contributed by atoms with E-state index in [0.29, 0.717) is 17.4 Å². The molecule has 2 atom stereocenters. The lowest BCUT2D eigenvalue weighted by Gasteiger charge is -2.24. The van der Waals surface area contributed by atoms with E-state index in [1.54, 1.807) is 0 Å². The molecule has 0 bridgehead atoms. The van der Waals surface area contributed by atoms with E-state index in [1.807, 2.05) is 21.1 Å². The van der Waals surface area contributed by atoms with Gasteiger partial charge in [-0.05, 0) is 96.3 Å². The van der Waals surface area contributed by atoms with Crippen LogP contribution >= 0.6 is 7.82 Å². The molecule has 0 aliphatic heterocycles. The predicted molar refractivity (Wildman–Crippen MR) is 353 cm³/mol. The van der Waals surface area contributed by atoms with E-state index in [9.17, 15) is 19.0 Å². The number of rotatable bonds is 61. The molecular weight excluding hydrogens is 1040 g/mol. The first-order valence-electron chi connectivity index (χ1n) is 33.6. The lowest BCUT2D eigenvalue weighted by atomic mass is 10.0. The summed E-state index contributed by atoms with van der Waals surface area (Å²) in [6, 6.07) is 0. The van der Waals surface area contributed by atoms with Crippen molar-refractivity contribution in [2.75, 3.05) is 47.5 Å². The molecule has 0 rings (SSSR count). The largest absolute Gasteiger partial charge is 0.472 e.